The molecule has 3 rings (SSSR count). The third kappa shape index (κ3) is 4.34. The lowest BCUT2D eigenvalue weighted by Crippen LogP contribution is -2.53. The Hall–Kier alpha value is -1.37. The fourth-order valence-electron chi connectivity index (χ4n) is 3.53. The van der Waals surface area contributed by atoms with Gasteiger partial charge in [0.15, 0.2) is 0 Å². The molecule has 0 bridgehead atoms. The number of rotatable bonds is 5. The smallest absolute Gasteiger partial charge is 0.236 e. The van der Waals surface area contributed by atoms with E-state index in [1.807, 2.05) is 17.0 Å². The van der Waals surface area contributed by atoms with Gasteiger partial charge in [0.2, 0.25) is 5.91 Å². The van der Waals surface area contributed by atoms with Gasteiger partial charge in [0.1, 0.15) is 5.76 Å². The van der Waals surface area contributed by atoms with E-state index in [1.165, 1.54) is 0 Å². The molecular formula is C17H27N3O3. The Morgan fingerprint density at radius 1 is 1.22 bits per heavy atom. The normalized spacial score (nSPS) is 24.0. The third-order valence-corrected chi connectivity index (χ3v) is 4.98. The maximum atomic E-state index is 12.5. The molecule has 0 spiro atoms. The zero-order valence-electron chi connectivity index (χ0n) is 13.7. The number of piperidine rings is 1. The summed E-state index contributed by atoms with van der Waals surface area (Å²) in [5.41, 5.74) is 0. The van der Waals surface area contributed by atoms with E-state index < -0.39 is 0 Å². The van der Waals surface area contributed by atoms with Crippen molar-refractivity contribution in [1.82, 2.24) is 14.7 Å². The standard InChI is InChI=1S/C17H27N3O3/c21-14-15-4-1-2-6-20(15)13-17(22)19-9-7-18(8-10-19)12-16-5-3-11-23-16/h3,5,11,15,21H,1-2,4,6-10,12-14H2/t15-/m1/s1. The van der Waals surface area contributed by atoms with Gasteiger partial charge < -0.3 is 14.4 Å². The molecular weight excluding hydrogens is 294 g/mol. The van der Waals surface area contributed by atoms with Crippen LogP contribution < -0.4 is 0 Å². The molecule has 0 unspecified atom stereocenters. The van der Waals surface area contributed by atoms with Gasteiger partial charge >= 0.3 is 0 Å². The van der Waals surface area contributed by atoms with Crippen molar-refractivity contribution in [2.24, 2.45) is 0 Å². The lowest BCUT2D eigenvalue weighted by Gasteiger charge is -2.38. The van der Waals surface area contributed by atoms with Gasteiger partial charge in [-0.05, 0) is 31.5 Å². The summed E-state index contributed by atoms with van der Waals surface area (Å²) >= 11 is 0. The van der Waals surface area contributed by atoms with Crippen molar-refractivity contribution in [1.29, 1.82) is 0 Å². The zero-order chi connectivity index (χ0) is 16.1. The van der Waals surface area contributed by atoms with Crippen molar-refractivity contribution >= 4 is 5.91 Å². The molecule has 2 aliphatic rings. The summed E-state index contributed by atoms with van der Waals surface area (Å²) in [7, 11) is 0. The van der Waals surface area contributed by atoms with Gasteiger partial charge in [0.25, 0.3) is 0 Å². The zero-order valence-corrected chi connectivity index (χ0v) is 13.7. The van der Waals surface area contributed by atoms with Gasteiger partial charge in [0, 0.05) is 32.2 Å². The number of aliphatic hydroxyl groups excluding tert-OH is 1. The molecule has 3 heterocycles. The molecule has 2 aliphatic heterocycles. The fraction of sp³-hybridized carbons (Fsp3) is 0.706. The molecule has 1 atom stereocenters. The van der Waals surface area contributed by atoms with E-state index in [9.17, 15) is 9.90 Å². The number of carbonyl (C=O) groups is 1. The molecule has 23 heavy (non-hydrogen) atoms. The Kier molecular flexibility index (Phi) is 5.70. The van der Waals surface area contributed by atoms with Crippen molar-refractivity contribution < 1.29 is 14.3 Å². The first-order chi connectivity index (χ1) is 11.3. The molecule has 2 fully saturated rings. The molecule has 1 amide bonds. The molecule has 6 nitrogen and oxygen atoms in total. The number of aliphatic hydroxyl groups is 1. The van der Waals surface area contributed by atoms with Crippen molar-refractivity contribution in [2.45, 2.75) is 31.8 Å². The van der Waals surface area contributed by atoms with E-state index in [0.717, 1.165) is 64.3 Å². The Morgan fingerprint density at radius 2 is 2.04 bits per heavy atom. The summed E-state index contributed by atoms with van der Waals surface area (Å²) in [6, 6.07) is 4.06. The van der Waals surface area contributed by atoms with E-state index in [-0.39, 0.29) is 18.6 Å². The van der Waals surface area contributed by atoms with Crippen LogP contribution in [-0.2, 0) is 11.3 Å². The van der Waals surface area contributed by atoms with E-state index in [2.05, 4.69) is 9.80 Å². The Balaban J connectivity index is 1.44. The second-order valence-corrected chi connectivity index (χ2v) is 6.54. The Labute approximate surface area is 137 Å². The quantitative estimate of drug-likeness (QED) is 0.868. The van der Waals surface area contributed by atoms with Gasteiger partial charge in [-0.25, -0.2) is 0 Å². The maximum Gasteiger partial charge on any atom is 0.236 e. The van der Waals surface area contributed by atoms with E-state index in [0.29, 0.717) is 6.54 Å². The average molecular weight is 321 g/mol. The van der Waals surface area contributed by atoms with Crippen LogP contribution in [0.2, 0.25) is 0 Å². The van der Waals surface area contributed by atoms with Gasteiger partial charge in [-0.2, -0.15) is 0 Å². The van der Waals surface area contributed by atoms with E-state index in [1.54, 1.807) is 6.26 Å². The van der Waals surface area contributed by atoms with Crippen LogP contribution in [0.4, 0.5) is 0 Å². The number of furan rings is 1. The number of hydrogen-bond acceptors (Lipinski definition) is 5. The molecule has 0 radical (unpaired) electrons. The monoisotopic (exact) mass is 321 g/mol. The molecule has 0 saturated carbocycles. The highest BCUT2D eigenvalue weighted by Crippen LogP contribution is 2.17. The lowest BCUT2D eigenvalue weighted by molar-refractivity contribution is -0.135. The Morgan fingerprint density at radius 3 is 2.74 bits per heavy atom. The molecule has 128 valence electrons. The van der Waals surface area contributed by atoms with Crippen LogP contribution >= 0.6 is 0 Å². The van der Waals surface area contributed by atoms with Crippen LogP contribution in [0, 0.1) is 0 Å². The number of amides is 1. The first-order valence-electron chi connectivity index (χ1n) is 8.63. The van der Waals surface area contributed by atoms with Crippen LogP contribution in [0.3, 0.4) is 0 Å². The second-order valence-electron chi connectivity index (χ2n) is 6.54. The first kappa shape index (κ1) is 16.5. The molecule has 0 aromatic carbocycles. The molecule has 6 heteroatoms. The summed E-state index contributed by atoms with van der Waals surface area (Å²) in [5, 5.41) is 9.46. The fourth-order valence-corrected chi connectivity index (χ4v) is 3.53. The summed E-state index contributed by atoms with van der Waals surface area (Å²) < 4.78 is 5.38. The largest absolute Gasteiger partial charge is 0.468 e. The van der Waals surface area contributed by atoms with Crippen molar-refractivity contribution in [3.8, 4) is 0 Å². The summed E-state index contributed by atoms with van der Waals surface area (Å²) in [5.74, 6) is 1.17. The van der Waals surface area contributed by atoms with Crippen LogP contribution in [0.5, 0.6) is 0 Å². The van der Waals surface area contributed by atoms with Crippen LogP contribution in [0.1, 0.15) is 25.0 Å². The minimum absolute atomic E-state index is 0.157. The highest BCUT2D eigenvalue weighted by Gasteiger charge is 2.27. The second kappa shape index (κ2) is 7.95. The lowest BCUT2D eigenvalue weighted by atomic mass is 10.0. The third-order valence-electron chi connectivity index (χ3n) is 4.98. The molecule has 1 N–H and O–H groups in total. The van der Waals surface area contributed by atoms with Gasteiger partial charge in [0.05, 0.1) is 26.0 Å². The molecule has 1 aromatic heterocycles. The van der Waals surface area contributed by atoms with Crippen LogP contribution in [0.25, 0.3) is 0 Å². The SMILES string of the molecule is O=C(CN1CCCC[C@@H]1CO)N1CCN(Cc2ccco2)CC1. The van der Waals surface area contributed by atoms with Gasteiger partial charge in [-0.1, -0.05) is 6.42 Å². The van der Waals surface area contributed by atoms with Gasteiger partial charge in [-0.15, -0.1) is 0 Å². The number of carbonyl (C=O) groups excluding carboxylic acids is 1. The topological polar surface area (TPSA) is 60.2 Å². The Bertz CT molecular complexity index is 483. The predicted molar refractivity (Wildman–Crippen MR) is 86.9 cm³/mol. The van der Waals surface area contributed by atoms with Gasteiger partial charge in [-0.3, -0.25) is 14.6 Å². The van der Waals surface area contributed by atoms with Crippen molar-refractivity contribution in [3.05, 3.63) is 24.2 Å². The van der Waals surface area contributed by atoms with Crippen molar-refractivity contribution in [2.75, 3.05) is 45.9 Å². The highest BCUT2D eigenvalue weighted by atomic mass is 16.3. The molecule has 2 saturated heterocycles. The number of likely N-dealkylation sites (tertiary alicyclic amines) is 1. The number of hydrogen-bond donors (Lipinski definition) is 1. The van der Waals surface area contributed by atoms with Crippen LogP contribution in [-0.4, -0.2) is 77.6 Å². The van der Waals surface area contributed by atoms with Crippen LogP contribution in [0.15, 0.2) is 22.8 Å². The van der Waals surface area contributed by atoms with Crippen molar-refractivity contribution in [3.63, 3.8) is 0 Å². The minimum Gasteiger partial charge on any atom is -0.468 e. The predicted octanol–water partition coefficient (Wildman–Crippen LogP) is 0.771. The minimum atomic E-state index is 0.157. The number of piperazine rings is 1. The van der Waals surface area contributed by atoms with E-state index >= 15 is 0 Å². The average Bonchev–Trinajstić information content (AvgIpc) is 3.09. The first-order valence-corrected chi connectivity index (χ1v) is 8.63. The van der Waals surface area contributed by atoms with E-state index in [4.69, 9.17) is 4.42 Å². The molecule has 1 aromatic rings. The summed E-state index contributed by atoms with van der Waals surface area (Å²) in [4.78, 5) is 19.0. The summed E-state index contributed by atoms with van der Waals surface area (Å²) in [6.07, 6.45) is 4.98. The maximum absolute atomic E-state index is 12.5. The molecule has 0 aliphatic carbocycles. The summed E-state index contributed by atoms with van der Waals surface area (Å²) in [6.45, 7) is 5.66. The number of nitrogens with zero attached hydrogens (tertiary/aromatic N) is 3. The highest BCUT2D eigenvalue weighted by molar-refractivity contribution is 5.78.